The van der Waals surface area contributed by atoms with Crippen LogP contribution in [0.5, 0.6) is 5.75 Å². The first kappa shape index (κ1) is 15.0. The second-order valence-electron chi connectivity index (χ2n) is 5.36. The van der Waals surface area contributed by atoms with Crippen molar-refractivity contribution in [3.05, 3.63) is 65.7 Å². The van der Waals surface area contributed by atoms with E-state index in [2.05, 4.69) is 12.1 Å². The van der Waals surface area contributed by atoms with E-state index in [1.165, 1.54) is 0 Å². The molecule has 0 aromatic heterocycles. The van der Waals surface area contributed by atoms with E-state index in [9.17, 15) is 4.79 Å². The summed E-state index contributed by atoms with van der Waals surface area (Å²) in [4.78, 5) is 14.5. The van der Waals surface area contributed by atoms with Gasteiger partial charge in [-0.05, 0) is 30.2 Å². The van der Waals surface area contributed by atoms with Gasteiger partial charge in [0.15, 0.2) is 0 Å². The Balaban J connectivity index is 1.85. The van der Waals surface area contributed by atoms with Crippen LogP contribution in [0.25, 0.3) is 0 Å². The summed E-state index contributed by atoms with van der Waals surface area (Å²) in [6, 6.07) is 18.1. The molecule has 2 aromatic rings. The van der Waals surface area contributed by atoms with Gasteiger partial charge in [0.2, 0.25) is 5.91 Å². The average Bonchev–Trinajstić information content (AvgIpc) is 2.84. The fourth-order valence-electron chi connectivity index (χ4n) is 2.64. The molecule has 1 heterocycles. The predicted molar refractivity (Wildman–Crippen MR) is 89.8 cm³/mol. The van der Waals surface area contributed by atoms with E-state index in [1.807, 2.05) is 54.3 Å². The predicted octanol–water partition coefficient (Wildman–Crippen LogP) is 3.86. The molecule has 1 saturated heterocycles. The van der Waals surface area contributed by atoms with Crippen LogP contribution in [-0.2, 0) is 11.3 Å². The lowest BCUT2D eigenvalue weighted by Crippen LogP contribution is -2.29. The molecule has 1 aliphatic heterocycles. The summed E-state index contributed by atoms with van der Waals surface area (Å²) < 4.78 is 5.21. The van der Waals surface area contributed by atoms with Gasteiger partial charge < -0.3 is 9.64 Å². The summed E-state index contributed by atoms with van der Waals surface area (Å²) in [5.74, 6) is 1.04. The largest absolute Gasteiger partial charge is 0.497 e. The number of rotatable bonds is 4. The number of amides is 1. The minimum atomic E-state index is -0.00388. The summed E-state index contributed by atoms with van der Waals surface area (Å²) in [6.07, 6.45) is 0. The molecule has 4 heteroatoms. The number of ether oxygens (including phenoxy) is 1. The number of nitrogens with zero attached hydrogens (tertiary/aromatic N) is 1. The van der Waals surface area contributed by atoms with Crippen LogP contribution in [0.3, 0.4) is 0 Å². The first-order chi connectivity index (χ1) is 10.7. The van der Waals surface area contributed by atoms with Gasteiger partial charge >= 0.3 is 0 Å². The first-order valence-electron chi connectivity index (χ1n) is 7.33. The Morgan fingerprint density at radius 2 is 1.77 bits per heavy atom. The van der Waals surface area contributed by atoms with Crippen molar-refractivity contribution in [2.45, 2.75) is 24.1 Å². The highest BCUT2D eigenvalue weighted by Gasteiger charge is 2.38. The lowest BCUT2D eigenvalue weighted by molar-refractivity contribution is -0.130. The lowest BCUT2D eigenvalue weighted by Gasteiger charge is -2.24. The van der Waals surface area contributed by atoms with Crippen molar-refractivity contribution in [3.8, 4) is 5.75 Å². The molecule has 2 unspecified atom stereocenters. The highest BCUT2D eigenvalue weighted by atomic mass is 32.2. The molecule has 2 atom stereocenters. The molecule has 0 radical (unpaired) electrons. The van der Waals surface area contributed by atoms with Gasteiger partial charge in [0.25, 0.3) is 0 Å². The Morgan fingerprint density at radius 3 is 2.41 bits per heavy atom. The van der Waals surface area contributed by atoms with Crippen LogP contribution < -0.4 is 4.74 Å². The minimum Gasteiger partial charge on any atom is -0.497 e. The van der Waals surface area contributed by atoms with Crippen molar-refractivity contribution in [1.82, 2.24) is 4.90 Å². The Hall–Kier alpha value is -1.94. The van der Waals surface area contributed by atoms with E-state index in [-0.39, 0.29) is 16.5 Å². The number of hydrogen-bond donors (Lipinski definition) is 0. The number of carbonyl (C=O) groups excluding carboxylic acids is 1. The normalized spacial score (nSPS) is 21.2. The third-order valence-electron chi connectivity index (χ3n) is 3.84. The first-order valence-corrected chi connectivity index (χ1v) is 8.27. The molecule has 22 heavy (non-hydrogen) atoms. The Morgan fingerprint density at radius 1 is 1.09 bits per heavy atom. The summed E-state index contributed by atoms with van der Waals surface area (Å²) in [6.45, 7) is 2.63. The van der Waals surface area contributed by atoms with Gasteiger partial charge in [-0.3, -0.25) is 4.79 Å². The van der Waals surface area contributed by atoms with Gasteiger partial charge in [0, 0.05) is 6.54 Å². The molecule has 1 aliphatic rings. The maximum Gasteiger partial charge on any atom is 0.236 e. The molecular weight excluding hydrogens is 294 g/mol. The Kier molecular flexibility index (Phi) is 4.39. The zero-order valence-electron chi connectivity index (χ0n) is 12.7. The molecule has 0 saturated carbocycles. The van der Waals surface area contributed by atoms with E-state index in [0.29, 0.717) is 6.54 Å². The Bertz CT molecular complexity index is 642. The van der Waals surface area contributed by atoms with E-state index >= 15 is 0 Å². The topological polar surface area (TPSA) is 29.5 Å². The highest BCUT2D eigenvalue weighted by molar-refractivity contribution is 8.01. The summed E-state index contributed by atoms with van der Waals surface area (Å²) >= 11 is 1.70. The molecule has 114 valence electrons. The molecule has 0 bridgehead atoms. The van der Waals surface area contributed by atoms with E-state index in [1.54, 1.807) is 18.9 Å². The second kappa shape index (κ2) is 6.44. The van der Waals surface area contributed by atoms with Gasteiger partial charge in [0.1, 0.15) is 11.1 Å². The van der Waals surface area contributed by atoms with Crippen molar-refractivity contribution in [2.24, 2.45) is 0 Å². The smallest absolute Gasteiger partial charge is 0.236 e. The number of carbonyl (C=O) groups is 1. The van der Waals surface area contributed by atoms with Crippen molar-refractivity contribution < 1.29 is 9.53 Å². The zero-order valence-corrected chi connectivity index (χ0v) is 13.5. The monoisotopic (exact) mass is 313 g/mol. The number of hydrogen-bond acceptors (Lipinski definition) is 3. The van der Waals surface area contributed by atoms with Crippen molar-refractivity contribution in [2.75, 3.05) is 7.11 Å². The van der Waals surface area contributed by atoms with Crippen LogP contribution in [0.1, 0.15) is 23.4 Å². The van der Waals surface area contributed by atoms with Gasteiger partial charge in [-0.2, -0.15) is 0 Å². The van der Waals surface area contributed by atoms with Crippen molar-refractivity contribution in [1.29, 1.82) is 0 Å². The second-order valence-corrected chi connectivity index (χ2v) is 6.78. The van der Waals surface area contributed by atoms with E-state index < -0.39 is 0 Å². The van der Waals surface area contributed by atoms with Gasteiger partial charge in [-0.15, -0.1) is 11.8 Å². The van der Waals surface area contributed by atoms with E-state index in [0.717, 1.165) is 16.9 Å². The molecule has 0 N–H and O–H groups in total. The molecule has 3 rings (SSSR count). The average molecular weight is 313 g/mol. The zero-order chi connectivity index (χ0) is 15.5. The summed E-state index contributed by atoms with van der Waals surface area (Å²) in [7, 11) is 1.66. The number of benzene rings is 2. The molecule has 2 aromatic carbocycles. The quantitative estimate of drug-likeness (QED) is 0.858. The molecule has 0 aliphatic carbocycles. The SMILES string of the molecule is COc1ccc(C2SC(C)C(=O)N2Cc2ccccc2)cc1. The fraction of sp³-hybridized carbons (Fsp3) is 0.278. The summed E-state index contributed by atoms with van der Waals surface area (Å²) in [5, 5.41) is 0.0597. The third-order valence-corrected chi connectivity index (χ3v) is 5.24. The molecule has 1 amide bonds. The summed E-state index contributed by atoms with van der Waals surface area (Å²) in [5.41, 5.74) is 2.29. The van der Waals surface area contributed by atoms with Gasteiger partial charge in [-0.1, -0.05) is 42.5 Å². The molecule has 3 nitrogen and oxygen atoms in total. The van der Waals surface area contributed by atoms with Crippen LogP contribution >= 0.6 is 11.8 Å². The minimum absolute atomic E-state index is 0.00388. The maximum absolute atomic E-state index is 12.5. The van der Waals surface area contributed by atoms with Crippen molar-refractivity contribution >= 4 is 17.7 Å². The van der Waals surface area contributed by atoms with Gasteiger partial charge in [0.05, 0.1) is 12.4 Å². The lowest BCUT2D eigenvalue weighted by atomic mass is 10.1. The standard InChI is InChI=1S/C18H19NO2S/c1-13-17(20)19(12-14-6-4-3-5-7-14)18(22-13)15-8-10-16(21-2)11-9-15/h3-11,13,18H,12H2,1-2H3. The van der Waals surface area contributed by atoms with E-state index in [4.69, 9.17) is 4.74 Å². The van der Waals surface area contributed by atoms with Crippen LogP contribution in [0, 0.1) is 0 Å². The number of thioether (sulfide) groups is 1. The fourth-order valence-corrected chi connectivity index (χ4v) is 3.92. The van der Waals surface area contributed by atoms with Crippen molar-refractivity contribution in [3.63, 3.8) is 0 Å². The Labute approximate surface area is 135 Å². The maximum atomic E-state index is 12.5. The molecule has 0 spiro atoms. The van der Waals surface area contributed by atoms with Crippen LogP contribution in [0.15, 0.2) is 54.6 Å². The van der Waals surface area contributed by atoms with Crippen LogP contribution in [-0.4, -0.2) is 23.2 Å². The van der Waals surface area contributed by atoms with Crippen LogP contribution in [0.2, 0.25) is 0 Å². The highest BCUT2D eigenvalue weighted by Crippen LogP contribution is 2.43. The van der Waals surface area contributed by atoms with Gasteiger partial charge in [-0.25, -0.2) is 0 Å². The van der Waals surface area contributed by atoms with Crippen LogP contribution in [0.4, 0.5) is 0 Å². The molecular formula is C18H19NO2S. The number of methoxy groups -OCH3 is 1. The molecule has 1 fully saturated rings. The third kappa shape index (κ3) is 2.97.